The quantitative estimate of drug-likeness (QED) is 0.384. The molecule has 4 aromatic rings. The summed E-state index contributed by atoms with van der Waals surface area (Å²) in [6, 6.07) is 8.69. The molecule has 0 saturated carbocycles. The smallest absolute Gasteiger partial charge is 0.230 e. The number of halogens is 1. The summed E-state index contributed by atoms with van der Waals surface area (Å²) in [6.07, 6.45) is 2.28. The monoisotopic (exact) mass is 466 g/mol. The lowest BCUT2D eigenvalue weighted by molar-refractivity contribution is 0.0357. The molecule has 0 amide bonds. The van der Waals surface area contributed by atoms with Crippen molar-refractivity contribution in [3.8, 4) is 23.1 Å². The van der Waals surface area contributed by atoms with Crippen LogP contribution in [0.4, 0.5) is 4.39 Å². The standard InChI is InChI=1S/C25H27FN4O4/c1-16-12-17-19(29-16)4-5-21(24(17)26)34-25-18-13-22(31-2)23(14-20(18)27-15-28-25)33-9-3-6-30-7-10-32-11-8-30/h4-5,12-15,29H,3,6-11H2,1-2H3. The molecule has 0 aliphatic carbocycles. The Morgan fingerprint density at radius 3 is 2.74 bits per heavy atom. The van der Waals surface area contributed by atoms with Gasteiger partial charge < -0.3 is 23.9 Å². The summed E-state index contributed by atoms with van der Waals surface area (Å²) in [4.78, 5) is 14.1. The van der Waals surface area contributed by atoms with Crippen LogP contribution in [-0.4, -0.2) is 66.4 Å². The third kappa shape index (κ3) is 4.62. The first-order valence-corrected chi connectivity index (χ1v) is 11.3. The van der Waals surface area contributed by atoms with Gasteiger partial charge in [-0.3, -0.25) is 4.90 Å². The summed E-state index contributed by atoms with van der Waals surface area (Å²) in [5, 5.41) is 1.07. The van der Waals surface area contributed by atoms with Gasteiger partial charge in [-0.2, -0.15) is 0 Å². The number of methoxy groups -OCH3 is 1. The first kappa shape index (κ1) is 22.4. The molecule has 5 rings (SSSR count). The van der Waals surface area contributed by atoms with E-state index in [0.717, 1.165) is 45.0 Å². The van der Waals surface area contributed by atoms with Crippen LogP contribution in [0.25, 0.3) is 21.8 Å². The van der Waals surface area contributed by atoms with Gasteiger partial charge in [0.05, 0.1) is 37.8 Å². The Bertz CT molecular complexity index is 1300. The van der Waals surface area contributed by atoms with Crippen molar-refractivity contribution < 1.29 is 23.3 Å². The van der Waals surface area contributed by atoms with Crippen molar-refractivity contribution in [2.75, 3.05) is 46.6 Å². The van der Waals surface area contributed by atoms with Crippen LogP contribution in [0.5, 0.6) is 23.1 Å². The number of hydrogen-bond donors (Lipinski definition) is 1. The SMILES string of the molecule is COc1cc2c(Oc3ccc4[nH]c(C)cc4c3F)ncnc2cc1OCCCN1CCOCC1. The van der Waals surface area contributed by atoms with Crippen LogP contribution < -0.4 is 14.2 Å². The summed E-state index contributed by atoms with van der Waals surface area (Å²) in [7, 11) is 1.58. The normalized spacial score (nSPS) is 14.6. The van der Waals surface area contributed by atoms with Gasteiger partial charge in [-0.05, 0) is 37.6 Å². The van der Waals surface area contributed by atoms with Crippen LogP contribution >= 0.6 is 0 Å². The average Bonchev–Trinajstić information content (AvgIpc) is 3.25. The first-order chi connectivity index (χ1) is 16.6. The minimum Gasteiger partial charge on any atom is -0.493 e. The minimum absolute atomic E-state index is 0.0916. The number of fused-ring (bicyclic) bond motifs is 2. The lowest BCUT2D eigenvalue weighted by Gasteiger charge is -2.26. The summed E-state index contributed by atoms with van der Waals surface area (Å²) >= 11 is 0. The van der Waals surface area contributed by atoms with Gasteiger partial charge in [-0.15, -0.1) is 0 Å². The highest BCUT2D eigenvalue weighted by Crippen LogP contribution is 2.37. The third-order valence-corrected chi connectivity index (χ3v) is 5.91. The van der Waals surface area contributed by atoms with Crippen molar-refractivity contribution in [2.45, 2.75) is 13.3 Å². The number of morpholine rings is 1. The Hall–Kier alpha value is -3.43. The van der Waals surface area contributed by atoms with Crippen LogP contribution in [0.15, 0.2) is 36.7 Å². The maximum absolute atomic E-state index is 15.0. The Kier molecular flexibility index (Phi) is 6.46. The molecule has 9 heteroatoms. The van der Waals surface area contributed by atoms with Crippen molar-refractivity contribution in [2.24, 2.45) is 0 Å². The molecular formula is C25H27FN4O4. The number of nitrogens with one attached hydrogen (secondary N) is 1. The maximum Gasteiger partial charge on any atom is 0.230 e. The summed E-state index contributed by atoms with van der Waals surface area (Å²) in [6.45, 7) is 6.86. The number of rotatable bonds is 8. The number of nitrogens with zero attached hydrogens (tertiary/aromatic N) is 3. The van der Waals surface area contributed by atoms with E-state index in [1.54, 1.807) is 37.4 Å². The molecule has 178 valence electrons. The van der Waals surface area contributed by atoms with E-state index in [4.69, 9.17) is 18.9 Å². The van der Waals surface area contributed by atoms with Crippen molar-refractivity contribution >= 4 is 21.8 Å². The summed E-state index contributed by atoms with van der Waals surface area (Å²) < 4.78 is 37.9. The fraction of sp³-hybridized carbons (Fsp3) is 0.360. The van der Waals surface area contributed by atoms with E-state index in [0.29, 0.717) is 39.9 Å². The molecule has 2 aromatic carbocycles. The predicted molar refractivity (Wildman–Crippen MR) is 127 cm³/mol. The molecular weight excluding hydrogens is 439 g/mol. The summed E-state index contributed by atoms with van der Waals surface area (Å²) in [5.74, 6) is 1.02. The molecule has 34 heavy (non-hydrogen) atoms. The number of ether oxygens (including phenoxy) is 4. The zero-order valence-corrected chi connectivity index (χ0v) is 19.3. The van der Waals surface area contributed by atoms with Gasteiger partial charge in [-0.25, -0.2) is 14.4 Å². The van der Waals surface area contributed by atoms with E-state index in [9.17, 15) is 0 Å². The topological polar surface area (TPSA) is 81.7 Å². The molecule has 0 spiro atoms. The zero-order valence-electron chi connectivity index (χ0n) is 19.3. The minimum atomic E-state index is -0.444. The van der Waals surface area contributed by atoms with Crippen LogP contribution in [0, 0.1) is 12.7 Å². The lowest BCUT2D eigenvalue weighted by Crippen LogP contribution is -2.37. The molecule has 1 aliphatic heterocycles. The Balaban J connectivity index is 1.35. The van der Waals surface area contributed by atoms with Gasteiger partial charge in [-0.1, -0.05) is 0 Å². The van der Waals surface area contributed by atoms with Gasteiger partial charge in [0.25, 0.3) is 0 Å². The van der Waals surface area contributed by atoms with Crippen molar-refractivity contribution in [3.63, 3.8) is 0 Å². The van der Waals surface area contributed by atoms with Crippen LogP contribution in [0.2, 0.25) is 0 Å². The molecule has 0 atom stereocenters. The molecule has 0 bridgehead atoms. The van der Waals surface area contributed by atoms with E-state index in [2.05, 4.69) is 19.9 Å². The second kappa shape index (κ2) is 9.82. The Morgan fingerprint density at radius 2 is 1.91 bits per heavy atom. The molecule has 1 aliphatic rings. The van der Waals surface area contributed by atoms with Gasteiger partial charge in [0.15, 0.2) is 23.1 Å². The van der Waals surface area contributed by atoms with Gasteiger partial charge in [0, 0.05) is 42.3 Å². The fourth-order valence-electron chi connectivity index (χ4n) is 4.16. The van der Waals surface area contributed by atoms with Crippen molar-refractivity contribution in [1.29, 1.82) is 0 Å². The highest BCUT2D eigenvalue weighted by atomic mass is 19.1. The molecule has 0 unspecified atom stereocenters. The third-order valence-electron chi connectivity index (χ3n) is 5.91. The van der Waals surface area contributed by atoms with E-state index >= 15 is 4.39 Å². The number of aromatic amines is 1. The highest BCUT2D eigenvalue weighted by molar-refractivity contribution is 5.87. The number of aryl methyl sites for hydroxylation is 1. The molecule has 1 fully saturated rings. The van der Waals surface area contributed by atoms with E-state index in [1.807, 2.05) is 6.92 Å². The first-order valence-electron chi connectivity index (χ1n) is 11.3. The number of benzene rings is 2. The van der Waals surface area contributed by atoms with Gasteiger partial charge >= 0.3 is 0 Å². The van der Waals surface area contributed by atoms with E-state index < -0.39 is 5.82 Å². The van der Waals surface area contributed by atoms with Crippen LogP contribution in [-0.2, 0) is 4.74 Å². The molecule has 2 aromatic heterocycles. The number of H-pyrrole nitrogens is 1. The molecule has 8 nitrogen and oxygen atoms in total. The second-order valence-corrected chi connectivity index (χ2v) is 8.25. The molecule has 1 N–H and O–H groups in total. The summed E-state index contributed by atoms with van der Waals surface area (Å²) in [5.41, 5.74) is 2.21. The van der Waals surface area contributed by atoms with E-state index in [1.165, 1.54) is 6.33 Å². The molecule has 1 saturated heterocycles. The van der Waals surface area contributed by atoms with Crippen LogP contribution in [0.1, 0.15) is 12.1 Å². The van der Waals surface area contributed by atoms with Crippen molar-refractivity contribution in [1.82, 2.24) is 19.9 Å². The fourth-order valence-corrected chi connectivity index (χ4v) is 4.16. The van der Waals surface area contributed by atoms with Gasteiger partial charge in [0.2, 0.25) is 5.88 Å². The largest absolute Gasteiger partial charge is 0.493 e. The van der Waals surface area contributed by atoms with Crippen LogP contribution in [0.3, 0.4) is 0 Å². The second-order valence-electron chi connectivity index (χ2n) is 8.25. The number of hydrogen-bond acceptors (Lipinski definition) is 7. The van der Waals surface area contributed by atoms with E-state index in [-0.39, 0.29) is 11.6 Å². The zero-order chi connectivity index (χ0) is 23.5. The maximum atomic E-state index is 15.0. The Labute approximate surface area is 196 Å². The predicted octanol–water partition coefficient (Wildman–Crippen LogP) is 4.46. The van der Waals surface area contributed by atoms with Gasteiger partial charge in [0.1, 0.15) is 6.33 Å². The lowest BCUT2D eigenvalue weighted by atomic mass is 10.2. The molecule has 0 radical (unpaired) electrons. The van der Waals surface area contributed by atoms with Crippen molar-refractivity contribution in [3.05, 3.63) is 48.2 Å². The number of aromatic nitrogens is 3. The Morgan fingerprint density at radius 1 is 1.06 bits per heavy atom. The average molecular weight is 467 g/mol. The molecule has 3 heterocycles. The highest BCUT2D eigenvalue weighted by Gasteiger charge is 2.17.